The van der Waals surface area contributed by atoms with Crippen molar-refractivity contribution in [3.8, 4) is 0 Å². The lowest BCUT2D eigenvalue weighted by atomic mass is 10.1. The number of nitrogens with one attached hydrogen (secondary N) is 1. The van der Waals surface area contributed by atoms with Crippen molar-refractivity contribution in [3.05, 3.63) is 95.3 Å². The van der Waals surface area contributed by atoms with Crippen LogP contribution in [0.4, 0.5) is 0 Å². The molecule has 4 nitrogen and oxygen atoms in total. The van der Waals surface area contributed by atoms with Gasteiger partial charge in [-0.25, -0.2) is 4.79 Å². The minimum Gasteiger partial charge on any atom is -0.462 e. The fourth-order valence-corrected chi connectivity index (χ4v) is 4.19. The Morgan fingerprint density at radius 2 is 1.74 bits per heavy atom. The first kappa shape index (κ1) is 22.8. The lowest BCUT2D eigenvalue weighted by Crippen LogP contribution is -3.14. The predicted molar refractivity (Wildman–Crippen MR) is 125 cm³/mol. The van der Waals surface area contributed by atoms with Gasteiger partial charge >= 0.3 is 5.97 Å². The van der Waals surface area contributed by atoms with Gasteiger partial charge in [-0.3, -0.25) is 0 Å². The summed E-state index contributed by atoms with van der Waals surface area (Å²) in [5, 5.41) is 0. The molecule has 3 rings (SSSR count). The third-order valence-electron chi connectivity index (χ3n) is 5.68. The summed E-state index contributed by atoms with van der Waals surface area (Å²) in [5.74, 6) is -0.0907. The minimum absolute atomic E-state index is 0.0907. The molecule has 1 aromatic heterocycles. The highest BCUT2D eigenvalue weighted by Gasteiger charge is 2.31. The van der Waals surface area contributed by atoms with E-state index < -0.39 is 0 Å². The van der Waals surface area contributed by atoms with Crippen molar-refractivity contribution < 1.29 is 14.4 Å². The molecule has 0 fully saturated rings. The maximum absolute atomic E-state index is 12.9. The zero-order valence-electron chi connectivity index (χ0n) is 19.0. The van der Waals surface area contributed by atoms with Gasteiger partial charge in [-0.05, 0) is 38.0 Å². The van der Waals surface area contributed by atoms with Crippen molar-refractivity contribution in [2.45, 2.75) is 59.3 Å². The number of carbonyl (C=O) groups is 1. The summed E-state index contributed by atoms with van der Waals surface area (Å²) in [5.41, 5.74) is 5.03. The van der Waals surface area contributed by atoms with Gasteiger partial charge in [-0.15, -0.1) is 0 Å². The van der Waals surface area contributed by atoms with E-state index in [0.29, 0.717) is 6.61 Å². The summed E-state index contributed by atoms with van der Waals surface area (Å²) in [6.45, 7) is 8.96. The van der Waals surface area contributed by atoms with Crippen LogP contribution in [0, 0.1) is 6.92 Å². The topological polar surface area (TPSA) is 35.7 Å². The third-order valence-corrected chi connectivity index (χ3v) is 5.68. The number of hydrogen-bond acceptors (Lipinski definition) is 2. The second-order valence-electron chi connectivity index (χ2n) is 8.21. The minimum atomic E-state index is -0.174. The molecule has 0 saturated heterocycles. The number of rotatable bonds is 11. The van der Waals surface area contributed by atoms with Crippen LogP contribution in [-0.2, 0) is 29.2 Å². The second kappa shape index (κ2) is 11.5. The first-order valence-corrected chi connectivity index (χ1v) is 11.3. The first-order valence-electron chi connectivity index (χ1n) is 11.3. The molecule has 0 saturated carbocycles. The molecule has 1 N–H and O–H groups in total. The van der Waals surface area contributed by atoms with Gasteiger partial charge in [0.25, 0.3) is 0 Å². The zero-order chi connectivity index (χ0) is 22.1. The van der Waals surface area contributed by atoms with Gasteiger partial charge < -0.3 is 14.2 Å². The highest BCUT2D eigenvalue weighted by atomic mass is 16.5. The van der Waals surface area contributed by atoms with Crippen molar-refractivity contribution >= 4 is 5.97 Å². The average molecular weight is 420 g/mol. The molecule has 4 heteroatoms. The number of quaternary nitrogens is 1. The molecule has 0 aliphatic carbocycles. The molecule has 1 unspecified atom stereocenters. The van der Waals surface area contributed by atoms with E-state index in [9.17, 15) is 4.79 Å². The van der Waals surface area contributed by atoms with Crippen LogP contribution in [0.1, 0.15) is 49.1 Å². The van der Waals surface area contributed by atoms with Crippen LogP contribution in [0.5, 0.6) is 0 Å². The molecule has 0 radical (unpaired) electrons. The number of aromatic nitrogens is 1. The molecule has 31 heavy (non-hydrogen) atoms. The second-order valence-corrected chi connectivity index (χ2v) is 8.21. The molecule has 0 bridgehead atoms. The van der Waals surface area contributed by atoms with Gasteiger partial charge in [-0.2, -0.15) is 0 Å². The average Bonchev–Trinajstić information content (AvgIpc) is 3.19. The fourth-order valence-electron chi connectivity index (χ4n) is 4.19. The van der Waals surface area contributed by atoms with E-state index in [-0.39, 0.29) is 12.0 Å². The fraction of sp³-hybridized carbons (Fsp3) is 0.370. The van der Waals surface area contributed by atoms with Gasteiger partial charge in [0.2, 0.25) is 0 Å². The molecular weight excluding hydrogens is 384 g/mol. The van der Waals surface area contributed by atoms with Crippen molar-refractivity contribution in [2.75, 3.05) is 6.61 Å². The van der Waals surface area contributed by atoms with Crippen LogP contribution >= 0.6 is 0 Å². The zero-order valence-corrected chi connectivity index (χ0v) is 19.0. The van der Waals surface area contributed by atoms with E-state index in [1.54, 1.807) is 0 Å². The lowest BCUT2D eigenvalue weighted by Gasteiger charge is -2.27. The SMILES string of the molecule is CCC[C@H](C(=O)OCC)[NH+](Cc1ccccc1)Cc1cccn1Cc1cccc(C)c1. The van der Waals surface area contributed by atoms with Crippen LogP contribution in [0.15, 0.2) is 72.9 Å². The number of hydrogen-bond donors (Lipinski definition) is 1. The van der Waals surface area contributed by atoms with Gasteiger partial charge in [0.15, 0.2) is 6.04 Å². The Morgan fingerprint density at radius 1 is 0.968 bits per heavy atom. The Labute approximate surface area is 186 Å². The van der Waals surface area contributed by atoms with E-state index in [4.69, 9.17) is 4.74 Å². The number of benzene rings is 2. The molecular formula is C27H35N2O2+. The summed E-state index contributed by atoms with van der Waals surface area (Å²) in [6.07, 6.45) is 3.91. The number of nitrogens with zero attached hydrogens (tertiary/aromatic N) is 1. The van der Waals surface area contributed by atoms with E-state index >= 15 is 0 Å². The van der Waals surface area contributed by atoms with E-state index in [1.807, 2.05) is 13.0 Å². The van der Waals surface area contributed by atoms with Crippen LogP contribution in [-0.4, -0.2) is 23.2 Å². The van der Waals surface area contributed by atoms with Gasteiger partial charge in [0.05, 0.1) is 12.3 Å². The number of carbonyl (C=O) groups excluding carboxylic acids is 1. The Morgan fingerprint density at radius 3 is 2.45 bits per heavy atom. The number of ether oxygens (including phenoxy) is 1. The standard InChI is InChI=1S/C27H34N2O2/c1-4-11-26(27(30)31-5-2)29(19-23-13-7-6-8-14-23)21-25-16-10-17-28(25)20-24-15-9-12-22(3)18-24/h6-10,12-18,26H,4-5,11,19-21H2,1-3H3/p+1/t26-/m1/s1. The maximum atomic E-state index is 12.9. The number of esters is 1. The smallest absolute Gasteiger partial charge is 0.364 e. The third kappa shape index (κ3) is 6.56. The summed E-state index contributed by atoms with van der Waals surface area (Å²) >= 11 is 0. The summed E-state index contributed by atoms with van der Waals surface area (Å²) in [7, 11) is 0. The van der Waals surface area contributed by atoms with E-state index in [1.165, 1.54) is 27.3 Å². The number of aryl methyl sites for hydroxylation is 1. The molecule has 2 atom stereocenters. The van der Waals surface area contributed by atoms with Crippen molar-refractivity contribution in [1.82, 2.24) is 4.57 Å². The van der Waals surface area contributed by atoms with Crippen LogP contribution in [0.2, 0.25) is 0 Å². The van der Waals surface area contributed by atoms with Gasteiger partial charge in [-0.1, -0.05) is 67.1 Å². The van der Waals surface area contributed by atoms with Gasteiger partial charge in [0, 0.05) is 24.7 Å². The quantitative estimate of drug-likeness (QED) is 0.474. The molecule has 1 heterocycles. The summed E-state index contributed by atoms with van der Waals surface area (Å²) in [6, 6.07) is 23.2. The van der Waals surface area contributed by atoms with Crippen molar-refractivity contribution in [1.29, 1.82) is 0 Å². The van der Waals surface area contributed by atoms with Crippen LogP contribution in [0.3, 0.4) is 0 Å². The Bertz CT molecular complexity index is 949. The maximum Gasteiger partial charge on any atom is 0.364 e. The normalized spacial score (nSPS) is 13.0. The van der Waals surface area contributed by atoms with Gasteiger partial charge in [0.1, 0.15) is 13.1 Å². The van der Waals surface area contributed by atoms with Crippen LogP contribution < -0.4 is 4.90 Å². The monoisotopic (exact) mass is 419 g/mol. The molecule has 0 aliphatic rings. The Hall–Kier alpha value is -2.85. The van der Waals surface area contributed by atoms with Crippen LogP contribution in [0.25, 0.3) is 0 Å². The molecule has 0 amide bonds. The Balaban J connectivity index is 1.86. The lowest BCUT2D eigenvalue weighted by molar-refractivity contribution is -0.944. The molecule has 2 aromatic carbocycles. The predicted octanol–water partition coefficient (Wildman–Crippen LogP) is 4.16. The first-order chi connectivity index (χ1) is 15.1. The van der Waals surface area contributed by atoms with Crippen molar-refractivity contribution in [2.24, 2.45) is 0 Å². The van der Waals surface area contributed by atoms with Crippen molar-refractivity contribution in [3.63, 3.8) is 0 Å². The molecule has 164 valence electrons. The molecule has 0 aliphatic heterocycles. The molecule has 0 spiro atoms. The summed E-state index contributed by atoms with van der Waals surface area (Å²) < 4.78 is 7.77. The Kier molecular flexibility index (Phi) is 8.48. The highest BCUT2D eigenvalue weighted by molar-refractivity contribution is 5.74. The van der Waals surface area contributed by atoms with E-state index in [0.717, 1.165) is 32.5 Å². The largest absolute Gasteiger partial charge is 0.462 e. The van der Waals surface area contributed by atoms with E-state index in [2.05, 4.69) is 85.3 Å². The highest BCUT2D eigenvalue weighted by Crippen LogP contribution is 2.10. The summed E-state index contributed by atoms with van der Waals surface area (Å²) in [4.78, 5) is 14.1. The molecule has 3 aromatic rings.